The van der Waals surface area contributed by atoms with Crippen LogP contribution in [0.4, 0.5) is 5.69 Å². The van der Waals surface area contributed by atoms with Crippen LogP contribution in [0.3, 0.4) is 0 Å². The minimum Gasteiger partial charge on any atom is -0.493 e. The molecule has 1 N–H and O–H groups in total. The summed E-state index contributed by atoms with van der Waals surface area (Å²) >= 11 is 12.1. The van der Waals surface area contributed by atoms with Crippen LogP contribution < -0.4 is 14.8 Å². The molecule has 2 rings (SSSR count). The molecule has 0 fully saturated rings. The lowest BCUT2D eigenvalue weighted by Gasteiger charge is -2.12. The third-order valence-corrected chi connectivity index (χ3v) is 4.24. The van der Waals surface area contributed by atoms with Gasteiger partial charge in [-0.05, 0) is 36.8 Å². The van der Waals surface area contributed by atoms with E-state index in [4.69, 9.17) is 37.4 Å². The van der Waals surface area contributed by atoms with Gasteiger partial charge in [0.25, 0.3) is 5.91 Å². The summed E-state index contributed by atoms with van der Waals surface area (Å²) in [5.41, 5.74) is 1.41. The number of halogens is 2. The summed E-state index contributed by atoms with van der Waals surface area (Å²) < 4.78 is 15.3. The monoisotopic (exact) mass is 397 g/mol. The third-order valence-electron chi connectivity index (χ3n) is 3.55. The standard InChI is InChI=1S/C18H17Cl2NO5/c1-10-12(19)5-4-6-14(10)21-16(22)9-26-18(23)11-7-13(20)17(25-3)15(8-11)24-2/h4-8H,9H2,1-3H3,(H,21,22). The number of rotatable bonds is 6. The van der Waals surface area contributed by atoms with Crippen molar-refractivity contribution in [3.63, 3.8) is 0 Å². The van der Waals surface area contributed by atoms with Gasteiger partial charge < -0.3 is 19.5 Å². The molecule has 0 spiro atoms. The molecule has 0 aromatic heterocycles. The number of anilines is 1. The van der Waals surface area contributed by atoms with E-state index in [0.717, 1.165) is 5.56 Å². The van der Waals surface area contributed by atoms with Gasteiger partial charge in [-0.1, -0.05) is 29.3 Å². The number of carbonyl (C=O) groups is 2. The minimum atomic E-state index is -0.717. The topological polar surface area (TPSA) is 73.9 Å². The minimum absolute atomic E-state index is 0.138. The Morgan fingerprint density at radius 2 is 1.81 bits per heavy atom. The van der Waals surface area contributed by atoms with E-state index >= 15 is 0 Å². The number of hydrogen-bond acceptors (Lipinski definition) is 5. The van der Waals surface area contributed by atoms with Gasteiger partial charge >= 0.3 is 5.97 Å². The zero-order valence-electron chi connectivity index (χ0n) is 14.4. The lowest BCUT2D eigenvalue weighted by molar-refractivity contribution is -0.119. The van der Waals surface area contributed by atoms with Crippen molar-refractivity contribution in [1.82, 2.24) is 0 Å². The molecule has 0 saturated heterocycles. The fraction of sp³-hybridized carbons (Fsp3) is 0.222. The molecule has 26 heavy (non-hydrogen) atoms. The van der Waals surface area contributed by atoms with Gasteiger partial charge in [-0.3, -0.25) is 4.79 Å². The Labute approximate surface area is 160 Å². The van der Waals surface area contributed by atoms with E-state index in [1.807, 2.05) is 0 Å². The average molecular weight is 398 g/mol. The molecule has 0 heterocycles. The summed E-state index contributed by atoms with van der Waals surface area (Å²) in [6.07, 6.45) is 0. The van der Waals surface area contributed by atoms with Crippen LogP contribution in [0.2, 0.25) is 10.0 Å². The van der Waals surface area contributed by atoms with Crippen LogP contribution in [0.15, 0.2) is 30.3 Å². The number of esters is 1. The normalized spacial score (nSPS) is 10.2. The first-order valence-corrected chi connectivity index (χ1v) is 8.26. The van der Waals surface area contributed by atoms with E-state index in [1.165, 1.54) is 26.4 Å². The second-order valence-corrected chi connectivity index (χ2v) is 6.04. The van der Waals surface area contributed by atoms with Gasteiger partial charge in [0.15, 0.2) is 18.1 Å². The van der Waals surface area contributed by atoms with E-state index in [2.05, 4.69) is 5.32 Å². The molecule has 0 aliphatic carbocycles. The number of ether oxygens (including phenoxy) is 3. The van der Waals surface area contributed by atoms with Gasteiger partial charge in [0, 0.05) is 10.7 Å². The van der Waals surface area contributed by atoms with Gasteiger partial charge in [-0.15, -0.1) is 0 Å². The highest BCUT2D eigenvalue weighted by Gasteiger charge is 2.17. The van der Waals surface area contributed by atoms with Crippen molar-refractivity contribution in [2.24, 2.45) is 0 Å². The molecular formula is C18H17Cl2NO5. The van der Waals surface area contributed by atoms with Crippen LogP contribution >= 0.6 is 23.2 Å². The largest absolute Gasteiger partial charge is 0.493 e. The molecule has 8 heteroatoms. The van der Waals surface area contributed by atoms with Gasteiger partial charge in [-0.2, -0.15) is 0 Å². The average Bonchev–Trinajstić information content (AvgIpc) is 2.62. The number of methoxy groups -OCH3 is 2. The molecule has 0 atom stereocenters. The summed E-state index contributed by atoms with van der Waals surface area (Å²) in [4.78, 5) is 24.2. The number of amides is 1. The SMILES string of the molecule is COc1cc(C(=O)OCC(=O)Nc2cccc(Cl)c2C)cc(Cl)c1OC. The first-order valence-electron chi connectivity index (χ1n) is 7.51. The molecule has 0 aliphatic rings. The summed E-state index contributed by atoms with van der Waals surface area (Å²) in [6, 6.07) is 7.93. The van der Waals surface area contributed by atoms with Crippen molar-refractivity contribution >= 4 is 40.8 Å². The lowest BCUT2D eigenvalue weighted by Crippen LogP contribution is -2.21. The van der Waals surface area contributed by atoms with Crippen molar-refractivity contribution in [3.8, 4) is 11.5 Å². The van der Waals surface area contributed by atoms with Gasteiger partial charge in [0.1, 0.15) is 0 Å². The first-order chi connectivity index (χ1) is 12.4. The Morgan fingerprint density at radius 3 is 2.46 bits per heavy atom. The van der Waals surface area contributed by atoms with Crippen molar-refractivity contribution in [2.75, 3.05) is 26.1 Å². The van der Waals surface area contributed by atoms with Crippen LogP contribution in [0.5, 0.6) is 11.5 Å². The van der Waals surface area contributed by atoms with Gasteiger partial charge in [0.05, 0.1) is 24.8 Å². The summed E-state index contributed by atoms with van der Waals surface area (Å²) in [5.74, 6) is -0.619. The Morgan fingerprint density at radius 1 is 1.08 bits per heavy atom. The maximum absolute atomic E-state index is 12.2. The Kier molecular flexibility index (Phi) is 6.71. The van der Waals surface area contributed by atoms with E-state index < -0.39 is 18.5 Å². The Bertz CT molecular complexity index is 839. The van der Waals surface area contributed by atoms with Gasteiger partial charge in [-0.25, -0.2) is 4.79 Å². The Hall–Kier alpha value is -2.44. The fourth-order valence-electron chi connectivity index (χ4n) is 2.18. The van der Waals surface area contributed by atoms with Crippen molar-refractivity contribution in [2.45, 2.75) is 6.92 Å². The van der Waals surface area contributed by atoms with Gasteiger partial charge in [0.2, 0.25) is 0 Å². The number of carbonyl (C=O) groups excluding carboxylic acids is 2. The van der Waals surface area contributed by atoms with Crippen molar-refractivity contribution in [3.05, 3.63) is 51.5 Å². The quantitative estimate of drug-likeness (QED) is 0.742. The maximum atomic E-state index is 12.2. The van der Waals surface area contributed by atoms with E-state index in [0.29, 0.717) is 16.5 Å². The fourth-order valence-corrected chi connectivity index (χ4v) is 2.64. The predicted octanol–water partition coefficient (Wildman–Crippen LogP) is 4.11. The lowest BCUT2D eigenvalue weighted by atomic mass is 10.2. The molecule has 0 radical (unpaired) electrons. The molecule has 2 aromatic rings. The summed E-state index contributed by atoms with van der Waals surface area (Å²) in [5, 5.41) is 3.36. The second-order valence-electron chi connectivity index (χ2n) is 5.23. The van der Waals surface area contributed by atoms with Crippen LogP contribution in [0.25, 0.3) is 0 Å². The molecule has 0 unspecified atom stereocenters. The van der Waals surface area contributed by atoms with Crippen LogP contribution in [-0.4, -0.2) is 32.7 Å². The van der Waals surface area contributed by atoms with Crippen LogP contribution in [0, 0.1) is 6.92 Å². The molecule has 138 valence electrons. The summed E-state index contributed by atoms with van der Waals surface area (Å²) in [6.45, 7) is 1.31. The smallest absolute Gasteiger partial charge is 0.338 e. The molecule has 1 amide bonds. The zero-order valence-corrected chi connectivity index (χ0v) is 15.9. The van der Waals surface area contributed by atoms with Crippen LogP contribution in [-0.2, 0) is 9.53 Å². The molecule has 2 aromatic carbocycles. The highest BCUT2D eigenvalue weighted by molar-refractivity contribution is 6.32. The molecule has 0 saturated carbocycles. The van der Waals surface area contributed by atoms with E-state index in [9.17, 15) is 9.59 Å². The predicted molar refractivity (Wildman–Crippen MR) is 99.7 cm³/mol. The molecule has 0 aliphatic heterocycles. The molecule has 6 nitrogen and oxygen atoms in total. The third kappa shape index (κ3) is 4.59. The first kappa shape index (κ1) is 19.9. The van der Waals surface area contributed by atoms with Crippen molar-refractivity contribution < 1.29 is 23.8 Å². The summed E-state index contributed by atoms with van der Waals surface area (Å²) in [7, 11) is 2.86. The molecular weight excluding hydrogens is 381 g/mol. The Balaban J connectivity index is 2.03. The zero-order chi connectivity index (χ0) is 19.3. The highest BCUT2D eigenvalue weighted by Crippen LogP contribution is 2.36. The second kappa shape index (κ2) is 8.78. The number of nitrogens with one attached hydrogen (secondary N) is 1. The van der Waals surface area contributed by atoms with E-state index in [1.54, 1.807) is 25.1 Å². The maximum Gasteiger partial charge on any atom is 0.338 e. The number of hydrogen-bond donors (Lipinski definition) is 1. The number of benzene rings is 2. The van der Waals surface area contributed by atoms with Crippen molar-refractivity contribution in [1.29, 1.82) is 0 Å². The highest BCUT2D eigenvalue weighted by atomic mass is 35.5. The van der Waals surface area contributed by atoms with E-state index in [-0.39, 0.29) is 16.3 Å². The molecule has 0 bridgehead atoms. The van der Waals surface area contributed by atoms with Crippen LogP contribution in [0.1, 0.15) is 15.9 Å².